The standard InChI is InChI=1S/C19H25N3O4/c1-24-12-13-5-4-8-22(11-13)19(23)17-10-16(20-21-17)15-9-14(25-2)6-7-18(15)26-3/h6-7,9-10,13H,4-5,8,11-12H2,1-3H3,(H,20,21). The Bertz CT molecular complexity index is 757. The van der Waals surface area contributed by atoms with Crippen LogP contribution >= 0.6 is 0 Å². The van der Waals surface area contributed by atoms with Gasteiger partial charge < -0.3 is 19.1 Å². The summed E-state index contributed by atoms with van der Waals surface area (Å²) >= 11 is 0. The van der Waals surface area contributed by atoms with Crippen LogP contribution in [0.25, 0.3) is 11.3 Å². The maximum atomic E-state index is 12.8. The average molecular weight is 359 g/mol. The Balaban J connectivity index is 1.80. The number of rotatable bonds is 6. The first-order valence-electron chi connectivity index (χ1n) is 8.72. The molecule has 3 rings (SSSR count). The van der Waals surface area contributed by atoms with Crippen LogP contribution < -0.4 is 9.47 Å². The molecular weight excluding hydrogens is 334 g/mol. The van der Waals surface area contributed by atoms with Gasteiger partial charge in [0.25, 0.3) is 5.91 Å². The summed E-state index contributed by atoms with van der Waals surface area (Å²) < 4.78 is 15.9. The molecule has 1 aliphatic rings. The van der Waals surface area contributed by atoms with Crippen molar-refractivity contribution in [3.05, 3.63) is 30.0 Å². The molecule has 2 heterocycles. The molecule has 1 aromatic carbocycles. The maximum absolute atomic E-state index is 12.8. The number of ether oxygens (including phenoxy) is 3. The zero-order chi connectivity index (χ0) is 18.5. The third-order valence-electron chi connectivity index (χ3n) is 4.70. The number of H-pyrrole nitrogens is 1. The molecule has 1 aromatic heterocycles. The number of amides is 1. The van der Waals surface area contributed by atoms with Gasteiger partial charge in [0.2, 0.25) is 0 Å². The van der Waals surface area contributed by atoms with Gasteiger partial charge in [0, 0.05) is 25.8 Å². The van der Waals surface area contributed by atoms with Gasteiger partial charge in [0.05, 0.1) is 26.5 Å². The molecule has 1 fully saturated rings. The number of aromatic amines is 1. The van der Waals surface area contributed by atoms with Gasteiger partial charge in [-0.25, -0.2) is 0 Å². The number of benzene rings is 1. The highest BCUT2D eigenvalue weighted by Crippen LogP contribution is 2.32. The molecule has 0 bridgehead atoms. The van der Waals surface area contributed by atoms with Crippen molar-refractivity contribution in [2.45, 2.75) is 12.8 Å². The van der Waals surface area contributed by atoms with Crippen LogP contribution in [0.5, 0.6) is 11.5 Å². The predicted molar refractivity (Wildman–Crippen MR) is 97.6 cm³/mol. The van der Waals surface area contributed by atoms with Crippen molar-refractivity contribution in [2.75, 3.05) is 41.0 Å². The largest absolute Gasteiger partial charge is 0.497 e. The molecule has 1 N–H and O–H groups in total. The number of hydrogen-bond acceptors (Lipinski definition) is 5. The molecule has 7 heteroatoms. The Kier molecular flexibility index (Phi) is 5.78. The SMILES string of the molecule is COCC1CCCN(C(=O)c2cc(-c3cc(OC)ccc3OC)n[nH]2)C1. The summed E-state index contributed by atoms with van der Waals surface area (Å²) in [7, 11) is 4.91. The molecular formula is C19H25N3O4. The number of nitrogens with one attached hydrogen (secondary N) is 1. The summed E-state index contributed by atoms with van der Waals surface area (Å²) in [6, 6.07) is 7.26. The van der Waals surface area contributed by atoms with Gasteiger partial charge in [-0.15, -0.1) is 0 Å². The van der Waals surface area contributed by atoms with Crippen molar-refractivity contribution in [3.63, 3.8) is 0 Å². The number of carbonyl (C=O) groups excluding carboxylic acids is 1. The summed E-state index contributed by atoms with van der Waals surface area (Å²) in [5.74, 6) is 1.73. The molecule has 0 saturated carbocycles. The Morgan fingerprint density at radius 2 is 2.12 bits per heavy atom. The number of nitrogens with zero attached hydrogens (tertiary/aromatic N) is 2. The van der Waals surface area contributed by atoms with E-state index in [1.54, 1.807) is 27.4 Å². The summed E-state index contributed by atoms with van der Waals surface area (Å²) in [5.41, 5.74) is 1.90. The Morgan fingerprint density at radius 3 is 2.85 bits per heavy atom. The summed E-state index contributed by atoms with van der Waals surface area (Å²) in [4.78, 5) is 14.7. The first-order chi connectivity index (χ1) is 12.7. The summed E-state index contributed by atoms with van der Waals surface area (Å²) in [6.07, 6.45) is 2.08. The molecule has 1 unspecified atom stereocenters. The fourth-order valence-corrected chi connectivity index (χ4v) is 3.38. The molecule has 26 heavy (non-hydrogen) atoms. The second-order valence-electron chi connectivity index (χ2n) is 6.45. The van der Waals surface area contributed by atoms with Crippen LogP contribution in [0, 0.1) is 5.92 Å². The molecule has 1 aliphatic heterocycles. The minimum Gasteiger partial charge on any atom is -0.497 e. The van der Waals surface area contributed by atoms with Crippen molar-refractivity contribution in [1.82, 2.24) is 15.1 Å². The van der Waals surface area contributed by atoms with Crippen LogP contribution in [0.2, 0.25) is 0 Å². The summed E-state index contributed by atoms with van der Waals surface area (Å²) in [6.45, 7) is 2.15. The maximum Gasteiger partial charge on any atom is 0.271 e. The van der Waals surface area contributed by atoms with E-state index >= 15 is 0 Å². The smallest absolute Gasteiger partial charge is 0.271 e. The third kappa shape index (κ3) is 3.83. The highest BCUT2D eigenvalue weighted by Gasteiger charge is 2.26. The molecule has 0 aliphatic carbocycles. The second-order valence-corrected chi connectivity index (χ2v) is 6.45. The van der Waals surface area contributed by atoms with Gasteiger partial charge in [-0.2, -0.15) is 5.10 Å². The first-order valence-corrected chi connectivity index (χ1v) is 8.72. The van der Waals surface area contributed by atoms with E-state index in [4.69, 9.17) is 14.2 Å². The van der Waals surface area contributed by atoms with E-state index in [1.807, 2.05) is 23.1 Å². The summed E-state index contributed by atoms with van der Waals surface area (Å²) in [5, 5.41) is 7.18. The Hall–Kier alpha value is -2.54. The predicted octanol–water partition coefficient (Wildman–Crippen LogP) is 2.59. The van der Waals surface area contributed by atoms with Gasteiger partial charge in [0.1, 0.15) is 17.2 Å². The topological polar surface area (TPSA) is 76.7 Å². The molecule has 7 nitrogen and oxygen atoms in total. The minimum absolute atomic E-state index is 0.0357. The highest BCUT2D eigenvalue weighted by atomic mass is 16.5. The van der Waals surface area contributed by atoms with E-state index in [1.165, 1.54) is 0 Å². The van der Waals surface area contributed by atoms with Gasteiger partial charge in [-0.1, -0.05) is 0 Å². The lowest BCUT2D eigenvalue weighted by molar-refractivity contribution is 0.0565. The third-order valence-corrected chi connectivity index (χ3v) is 4.70. The Morgan fingerprint density at radius 1 is 1.27 bits per heavy atom. The van der Waals surface area contributed by atoms with E-state index in [2.05, 4.69) is 10.2 Å². The monoisotopic (exact) mass is 359 g/mol. The van der Waals surface area contributed by atoms with Crippen molar-refractivity contribution in [3.8, 4) is 22.8 Å². The fraction of sp³-hybridized carbons (Fsp3) is 0.474. The molecule has 2 aromatic rings. The lowest BCUT2D eigenvalue weighted by Gasteiger charge is -2.32. The van der Waals surface area contributed by atoms with Crippen molar-refractivity contribution < 1.29 is 19.0 Å². The van der Waals surface area contributed by atoms with Crippen LogP contribution in [-0.4, -0.2) is 62.0 Å². The normalized spacial score (nSPS) is 17.2. The number of aromatic nitrogens is 2. The van der Waals surface area contributed by atoms with Crippen molar-refractivity contribution in [1.29, 1.82) is 0 Å². The van der Waals surface area contributed by atoms with E-state index in [0.717, 1.165) is 24.9 Å². The van der Waals surface area contributed by atoms with Crippen molar-refractivity contribution >= 4 is 5.91 Å². The minimum atomic E-state index is -0.0357. The molecule has 0 radical (unpaired) electrons. The van der Waals surface area contributed by atoms with Gasteiger partial charge in [0.15, 0.2) is 0 Å². The molecule has 1 amide bonds. The van der Waals surface area contributed by atoms with Crippen LogP contribution in [0.3, 0.4) is 0 Å². The molecule has 0 spiro atoms. The molecule has 140 valence electrons. The van der Waals surface area contributed by atoms with Crippen LogP contribution in [0.4, 0.5) is 0 Å². The van der Waals surface area contributed by atoms with E-state index in [0.29, 0.717) is 42.0 Å². The second kappa shape index (κ2) is 8.23. The number of carbonyl (C=O) groups is 1. The number of methoxy groups -OCH3 is 3. The molecule has 1 saturated heterocycles. The molecule has 1 atom stereocenters. The van der Waals surface area contributed by atoms with Gasteiger partial charge >= 0.3 is 0 Å². The number of piperidine rings is 1. The zero-order valence-corrected chi connectivity index (χ0v) is 15.4. The van der Waals surface area contributed by atoms with E-state index < -0.39 is 0 Å². The average Bonchev–Trinajstić information content (AvgIpc) is 3.17. The Labute approximate surface area is 153 Å². The lowest BCUT2D eigenvalue weighted by Crippen LogP contribution is -2.41. The van der Waals surface area contributed by atoms with Gasteiger partial charge in [-0.05, 0) is 43.0 Å². The fourth-order valence-electron chi connectivity index (χ4n) is 3.38. The zero-order valence-electron chi connectivity index (χ0n) is 15.4. The quantitative estimate of drug-likeness (QED) is 0.858. The van der Waals surface area contributed by atoms with Crippen LogP contribution in [-0.2, 0) is 4.74 Å². The van der Waals surface area contributed by atoms with Gasteiger partial charge in [-0.3, -0.25) is 9.89 Å². The van der Waals surface area contributed by atoms with Crippen molar-refractivity contribution in [2.24, 2.45) is 5.92 Å². The lowest BCUT2D eigenvalue weighted by atomic mass is 9.98. The first kappa shape index (κ1) is 18.3. The van der Waals surface area contributed by atoms with Crippen LogP contribution in [0.1, 0.15) is 23.3 Å². The van der Waals surface area contributed by atoms with Crippen LogP contribution in [0.15, 0.2) is 24.3 Å². The number of likely N-dealkylation sites (tertiary alicyclic amines) is 1. The van der Waals surface area contributed by atoms with E-state index in [9.17, 15) is 4.79 Å². The number of hydrogen-bond donors (Lipinski definition) is 1. The van der Waals surface area contributed by atoms with E-state index in [-0.39, 0.29) is 5.91 Å². The highest BCUT2D eigenvalue weighted by molar-refractivity contribution is 5.93.